The maximum atomic E-state index is 11.3. The van der Waals surface area contributed by atoms with Crippen molar-refractivity contribution < 1.29 is 19.1 Å². The normalized spacial score (nSPS) is 19.0. The van der Waals surface area contributed by atoms with E-state index in [1.807, 2.05) is 0 Å². The summed E-state index contributed by atoms with van der Waals surface area (Å²) in [6, 6.07) is 0. The second-order valence-corrected chi connectivity index (χ2v) is 3.94. The number of hydrogen-bond acceptors (Lipinski definition) is 5. The van der Waals surface area contributed by atoms with Crippen LogP contribution in [0.4, 0.5) is 0 Å². The number of amides is 1. The highest BCUT2D eigenvalue weighted by Crippen LogP contribution is 2.10. The van der Waals surface area contributed by atoms with Crippen LogP contribution in [0.15, 0.2) is 0 Å². The van der Waals surface area contributed by atoms with Gasteiger partial charge >= 0.3 is 5.97 Å². The fourth-order valence-electron chi connectivity index (χ4n) is 1.62. The third-order valence-electron chi connectivity index (χ3n) is 2.56. The molecule has 98 valence electrons. The van der Waals surface area contributed by atoms with Crippen LogP contribution >= 0.6 is 0 Å². The molecule has 6 nitrogen and oxygen atoms in total. The molecule has 1 fully saturated rings. The minimum atomic E-state index is -0.322. The lowest BCUT2D eigenvalue weighted by Crippen LogP contribution is -2.37. The Bertz CT molecular complexity index is 252. The van der Waals surface area contributed by atoms with Gasteiger partial charge in [-0.1, -0.05) is 0 Å². The fraction of sp³-hybridized carbons (Fsp3) is 0.818. The first-order valence-electron chi connectivity index (χ1n) is 5.88. The first-order chi connectivity index (χ1) is 8.22. The average Bonchev–Trinajstić information content (AvgIpc) is 2.82. The Morgan fingerprint density at radius 1 is 1.47 bits per heavy atom. The first-order valence-corrected chi connectivity index (χ1v) is 5.88. The van der Waals surface area contributed by atoms with Crippen LogP contribution in [0.25, 0.3) is 0 Å². The monoisotopic (exact) mass is 244 g/mol. The molecule has 1 atom stereocenters. The van der Waals surface area contributed by atoms with Crippen molar-refractivity contribution in [1.82, 2.24) is 10.6 Å². The molecular formula is C11H20N2O4. The molecule has 1 aliphatic rings. The molecule has 0 aromatic carbocycles. The predicted molar refractivity (Wildman–Crippen MR) is 61.5 cm³/mol. The van der Waals surface area contributed by atoms with Crippen LogP contribution in [-0.4, -0.2) is 51.3 Å². The van der Waals surface area contributed by atoms with Crippen molar-refractivity contribution in [3.63, 3.8) is 0 Å². The van der Waals surface area contributed by atoms with Gasteiger partial charge < -0.3 is 20.1 Å². The van der Waals surface area contributed by atoms with Gasteiger partial charge in [0.2, 0.25) is 5.91 Å². The van der Waals surface area contributed by atoms with E-state index in [1.54, 1.807) is 0 Å². The SMILES string of the molecule is COC(=O)CCNC(=O)CNCC1CCCO1. The molecule has 17 heavy (non-hydrogen) atoms. The number of hydrogen-bond donors (Lipinski definition) is 2. The van der Waals surface area contributed by atoms with Crippen molar-refractivity contribution in [3.05, 3.63) is 0 Å². The van der Waals surface area contributed by atoms with Crippen LogP contribution < -0.4 is 10.6 Å². The van der Waals surface area contributed by atoms with Gasteiger partial charge in [0, 0.05) is 19.7 Å². The van der Waals surface area contributed by atoms with E-state index in [-0.39, 0.29) is 30.9 Å². The summed E-state index contributed by atoms with van der Waals surface area (Å²) < 4.78 is 9.86. The quantitative estimate of drug-likeness (QED) is 0.587. The van der Waals surface area contributed by atoms with E-state index >= 15 is 0 Å². The molecule has 1 aliphatic heterocycles. The summed E-state index contributed by atoms with van der Waals surface area (Å²) in [5, 5.41) is 5.66. The zero-order valence-electron chi connectivity index (χ0n) is 10.2. The van der Waals surface area contributed by atoms with Crippen molar-refractivity contribution in [2.45, 2.75) is 25.4 Å². The zero-order valence-corrected chi connectivity index (χ0v) is 10.2. The van der Waals surface area contributed by atoms with Gasteiger partial charge in [-0.25, -0.2) is 0 Å². The minimum absolute atomic E-state index is 0.119. The Hall–Kier alpha value is -1.14. The molecule has 0 radical (unpaired) electrons. The van der Waals surface area contributed by atoms with E-state index < -0.39 is 0 Å². The van der Waals surface area contributed by atoms with E-state index in [0.717, 1.165) is 19.4 Å². The van der Waals surface area contributed by atoms with Gasteiger partial charge in [0.1, 0.15) is 0 Å². The van der Waals surface area contributed by atoms with Crippen LogP contribution in [0.3, 0.4) is 0 Å². The molecule has 2 N–H and O–H groups in total. The summed E-state index contributed by atoms with van der Waals surface area (Å²) in [7, 11) is 1.33. The third-order valence-corrected chi connectivity index (χ3v) is 2.56. The van der Waals surface area contributed by atoms with E-state index in [1.165, 1.54) is 7.11 Å². The molecule has 1 amide bonds. The maximum Gasteiger partial charge on any atom is 0.307 e. The van der Waals surface area contributed by atoms with Gasteiger partial charge in [-0.2, -0.15) is 0 Å². The number of carbonyl (C=O) groups is 2. The van der Waals surface area contributed by atoms with E-state index in [2.05, 4.69) is 15.4 Å². The topological polar surface area (TPSA) is 76.7 Å². The number of carbonyl (C=O) groups excluding carboxylic acids is 2. The van der Waals surface area contributed by atoms with Gasteiger partial charge in [0.15, 0.2) is 0 Å². The second-order valence-electron chi connectivity index (χ2n) is 3.94. The Morgan fingerprint density at radius 3 is 2.94 bits per heavy atom. The van der Waals surface area contributed by atoms with Gasteiger partial charge in [-0.15, -0.1) is 0 Å². The fourth-order valence-corrected chi connectivity index (χ4v) is 1.62. The largest absolute Gasteiger partial charge is 0.469 e. The van der Waals surface area contributed by atoms with Crippen LogP contribution in [0, 0.1) is 0 Å². The van der Waals surface area contributed by atoms with Crippen molar-refractivity contribution >= 4 is 11.9 Å². The van der Waals surface area contributed by atoms with E-state index in [0.29, 0.717) is 13.1 Å². The Morgan fingerprint density at radius 2 is 2.29 bits per heavy atom. The molecule has 1 rings (SSSR count). The number of esters is 1. The molecule has 0 aromatic heterocycles. The smallest absolute Gasteiger partial charge is 0.307 e. The van der Waals surface area contributed by atoms with Crippen LogP contribution in [-0.2, 0) is 19.1 Å². The lowest BCUT2D eigenvalue weighted by atomic mass is 10.2. The summed E-state index contributed by atoms with van der Waals surface area (Å²) in [4.78, 5) is 22.1. The molecule has 0 aliphatic carbocycles. The van der Waals surface area contributed by atoms with Crippen LogP contribution in [0.5, 0.6) is 0 Å². The highest BCUT2D eigenvalue weighted by atomic mass is 16.5. The van der Waals surface area contributed by atoms with Crippen molar-refractivity contribution in [3.8, 4) is 0 Å². The summed E-state index contributed by atoms with van der Waals surface area (Å²) in [5.41, 5.74) is 0. The van der Waals surface area contributed by atoms with Crippen LogP contribution in [0.1, 0.15) is 19.3 Å². The summed E-state index contributed by atoms with van der Waals surface area (Å²) in [5.74, 6) is -0.440. The number of ether oxygens (including phenoxy) is 2. The molecule has 1 heterocycles. The van der Waals surface area contributed by atoms with Crippen molar-refractivity contribution in [1.29, 1.82) is 0 Å². The molecule has 0 saturated carbocycles. The molecule has 0 spiro atoms. The van der Waals surface area contributed by atoms with Gasteiger partial charge in [-0.3, -0.25) is 9.59 Å². The Labute approximate surface area is 101 Å². The maximum absolute atomic E-state index is 11.3. The average molecular weight is 244 g/mol. The predicted octanol–water partition coefficient (Wildman–Crippen LogP) is -0.566. The molecule has 0 bridgehead atoms. The standard InChI is InChI=1S/C11H20N2O4/c1-16-11(15)4-5-13-10(14)8-12-7-9-3-2-6-17-9/h9,12H,2-8H2,1H3,(H,13,14). The lowest BCUT2D eigenvalue weighted by molar-refractivity contribution is -0.140. The molecule has 1 unspecified atom stereocenters. The summed E-state index contributed by atoms with van der Waals surface area (Å²) in [6.45, 7) is 2.08. The molecule has 1 saturated heterocycles. The Balaban J connectivity index is 1.95. The highest BCUT2D eigenvalue weighted by Gasteiger charge is 2.14. The molecular weight excluding hydrogens is 224 g/mol. The molecule has 0 aromatic rings. The van der Waals surface area contributed by atoms with Crippen molar-refractivity contribution in [2.75, 3.05) is 33.4 Å². The van der Waals surface area contributed by atoms with E-state index in [4.69, 9.17) is 4.74 Å². The van der Waals surface area contributed by atoms with E-state index in [9.17, 15) is 9.59 Å². The number of rotatable bonds is 7. The third kappa shape index (κ3) is 6.23. The van der Waals surface area contributed by atoms with Gasteiger partial charge in [0.25, 0.3) is 0 Å². The van der Waals surface area contributed by atoms with Crippen LogP contribution in [0.2, 0.25) is 0 Å². The van der Waals surface area contributed by atoms with Crippen molar-refractivity contribution in [2.24, 2.45) is 0 Å². The summed E-state index contributed by atoms with van der Waals surface area (Å²) >= 11 is 0. The summed E-state index contributed by atoms with van der Waals surface area (Å²) in [6.07, 6.45) is 2.58. The van der Waals surface area contributed by atoms with Gasteiger partial charge in [-0.05, 0) is 12.8 Å². The minimum Gasteiger partial charge on any atom is -0.469 e. The number of nitrogens with one attached hydrogen (secondary N) is 2. The second kappa shape index (κ2) is 8.03. The lowest BCUT2D eigenvalue weighted by Gasteiger charge is -2.10. The Kier molecular flexibility index (Phi) is 6.57. The zero-order chi connectivity index (χ0) is 12.5. The number of methoxy groups -OCH3 is 1. The first kappa shape index (κ1) is 13.9. The molecule has 6 heteroatoms. The van der Waals surface area contributed by atoms with Gasteiger partial charge in [0.05, 0.1) is 26.2 Å². The highest BCUT2D eigenvalue weighted by molar-refractivity contribution is 5.78.